The average Bonchev–Trinajstić information content (AvgIpc) is 3.10. The number of carbonyl (C=O) groups excluding carboxylic acids is 2. The number of anilines is 1. The first-order chi connectivity index (χ1) is 12.5. The van der Waals surface area contributed by atoms with Gasteiger partial charge in [0, 0.05) is 12.1 Å². The fourth-order valence-corrected chi connectivity index (χ4v) is 3.46. The highest BCUT2D eigenvalue weighted by atomic mass is 16.2. The van der Waals surface area contributed by atoms with Gasteiger partial charge >= 0.3 is 0 Å². The van der Waals surface area contributed by atoms with Crippen LogP contribution in [0.5, 0.6) is 0 Å². The van der Waals surface area contributed by atoms with E-state index in [0.717, 1.165) is 50.8 Å². The number of nitrogens with one attached hydrogen (secondary N) is 2. The molecule has 5 N–H and O–H groups in total. The highest BCUT2D eigenvalue weighted by molar-refractivity contribution is 5.97. The summed E-state index contributed by atoms with van der Waals surface area (Å²) in [6, 6.07) is 5.66. The quantitative estimate of drug-likeness (QED) is 0.560. The Balaban J connectivity index is 1.94. The topological polar surface area (TPSA) is 85.8 Å². The van der Waals surface area contributed by atoms with Crippen LogP contribution in [0.3, 0.4) is 0 Å². The Labute approximate surface area is 157 Å². The van der Waals surface area contributed by atoms with E-state index in [9.17, 15) is 9.59 Å². The Morgan fingerprint density at radius 1 is 1.15 bits per heavy atom. The summed E-state index contributed by atoms with van der Waals surface area (Å²) in [6.45, 7) is 4.96. The number of rotatable bonds is 10. The smallest absolute Gasteiger partial charge is 0.247 e. The molecule has 2 atom stereocenters. The summed E-state index contributed by atoms with van der Waals surface area (Å²) in [6.07, 6.45) is 7.60. The van der Waals surface area contributed by atoms with Crippen molar-refractivity contribution < 1.29 is 15.3 Å². The Morgan fingerprint density at radius 3 is 2.65 bits per heavy atom. The van der Waals surface area contributed by atoms with Crippen LogP contribution in [0.25, 0.3) is 0 Å². The number of benzene rings is 1. The molecule has 1 aliphatic carbocycles. The van der Waals surface area contributed by atoms with Crippen molar-refractivity contribution in [1.82, 2.24) is 5.32 Å². The van der Waals surface area contributed by atoms with E-state index < -0.39 is 6.04 Å². The second kappa shape index (κ2) is 10.3. The number of quaternary nitrogens is 1. The largest absolute Gasteiger partial charge is 0.358 e. The zero-order valence-corrected chi connectivity index (χ0v) is 16.3. The van der Waals surface area contributed by atoms with Crippen LogP contribution >= 0.6 is 0 Å². The van der Waals surface area contributed by atoms with Gasteiger partial charge in [-0.3, -0.25) is 9.59 Å². The highest BCUT2D eigenvalue weighted by Crippen LogP contribution is 2.25. The van der Waals surface area contributed by atoms with Gasteiger partial charge in [-0.2, -0.15) is 0 Å². The van der Waals surface area contributed by atoms with Gasteiger partial charge < -0.3 is 16.4 Å². The molecule has 0 spiro atoms. The summed E-state index contributed by atoms with van der Waals surface area (Å²) in [5.41, 5.74) is 7.36. The second-order valence-electron chi connectivity index (χ2n) is 7.42. The molecular weight excluding hydrogens is 326 g/mol. The molecule has 0 aliphatic heterocycles. The van der Waals surface area contributed by atoms with Gasteiger partial charge in [0.2, 0.25) is 11.8 Å². The van der Waals surface area contributed by atoms with Crippen molar-refractivity contribution in [3.05, 3.63) is 29.3 Å². The minimum Gasteiger partial charge on any atom is -0.358 e. The Bertz CT molecular complexity index is 615. The van der Waals surface area contributed by atoms with Crippen molar-refractivity contribution in [3.63, 3.8) is 0 Å². The summed E-state index contributed by atoms with van der Waals surface area (Å²) in [5, 5.41) is 5.96. The fourth-order valence-electron chi connectivity index (χ4n) is 3.46. The zero-order valence-electron chi connectivity index (χ0n) is 16.3. The van der Waals surface area contributed by atoms with Gasteiger partial charge in [0.05, 0.1) is 6.54 Å². The lowest BCUT2D eigenvalue weighted by atomic mass is 9.97. The lowest BCUT2D eigenvalue weighted by Crippen LogP contribution is -2.50. The molecule has 2 amide bonds. The molecular formula is C21H34N3O2+. The molecule has 0 unspecified atom stereocenters. The Kier molecular flexibility index (Phi) is 8.10. The summed E-state index contributed by atoms with van der Waals surface area (Å²) in [7, 11) is 0. The van der Waals surface area contributed by atoms with E-state index in [1.807, 2.05) is 19.9 Å². The third kappa shape index (κ3) is 5.84. The Morgan fingerprint density at radius 2 is 1.92 bits per heavy atom. The summed E-state index contributed by atoms with van der Waals surface area (Å²) >= 11 is 0. The molecule has 5 heteroatoms. The predicted molar refractivity (Wildman–Crippen MR) is 105 cm³/mol. The molecule has 0 saturated heterocycles. The van der Waals surface area contributed by atoms with E-state index in [0.29, 0.717) is 6.42 Å². The number of hydrogen-bond acceptors (Lipinski definition) is 2. The summed E-state index contributed by atoms with van der Waals surface area (Å²) < 4.78 is 0. The molecule has 0 heterocycles. The standard InChI is InChI=1S/C21H33N3O2/c1-3-15(2)20(24-19(25)10-5-4-6-13-22)21(26)23-18-12-11-16-8-7-9-17(16)14-18/h11-12,14-15,20H,3-10,13,22H2,1-2H3,(H,23,26)(H,24,25)/p+1/t15-,20+/m0/s1. The van der Waals surface area contributed by atoms with Crippen LogP contribution < -0.4 is 16.4 Å². The van der Waals surface area contributed by atoms with Crippen molar-refractivity contribution in [2.75, 3.05) is 11.9 Å². The van der Waals surface area contributed by atoms with Crippen molar-refractivity contribution in [3.8, 4) is 0 Å². The van der Waals surface area contributed by atoms with Crippen LogP contribution in [-0.4, -0.2) is 24.4 Å². The van der Waals surface area contributed by atoms with Gasteiger partial charge in [-0.15, -0.1) is 0 Å². The highest BCUT2D eigenvalue weighted by Gasteiger charge is 2.26. The number of amides is 2. The Hall–Kier alpha value is -1.88. The predicted octanol–water partition coefficient (Wildman–Crippen LogP) is 2.45. The molecule has 26 heavy (non-hydrogen) atoms. The third-order valence-electron chi connectivity index (χ3n) is 5.33. The molecule has 1 aromatic carbocycles. The number of hydrogen-bond donors (Lipinski definition) is 3. The van der Waals surface area contributed by atoms with Crippen LogP contribution in [0, 0.1) is 5.92 Å². The minimum atomic E-state index is -0.492. The first-order valence-electron chi connectivity index (χ1n) is 10.1. The summed E-state index contributed by atoms with van der Waals surface area (Å²) in [4.78, 5) is 25.0. The fraction of sp³-hybridized carbons (Fsp3) is 0.619. The van der Waals surface area contributed by atoms with Crippen LogP contribution in [-0.2, 0) is 22.4 Å². The molecule has 5 nitrogen and oxygen atoms in total. The van der Waals surface area contributed by atoms with Gasteiger partial charge in [0.1, 0.15) is 6.04 Å². The van der Waals surface area contributed by atoms with E-state index in [2.05, 4.69) is 28.5 Å². The maximum absolute atomic E-state index is 12.8. The van der Waals surface area contributed by atoms with Gasteiger partial charge in [0.25, 0.3) is 0 Å². The van der Waals surface area contributed by atoms with E-state index >= 15 is 0 Å². The van der Waals surface area contributed by atoms with Crippen LogP contribution in [0.4, 0.5) is 5.69 Å². The molecule has 144 valence electrons. The lowest BCUT2D eigenvalue weighted by Gasteiger charge is -2.23. The van der Waals surface area contributed by atoms with E-state index in [4.69, 9.17) is 0 Å². The number of fused-ring (bicyclic) bond motifs is 1. The normalized spacial score (nSPS) is 15.2. The number of aryl methyl sites for hydroxylation is 2. The van der Waals surface area contributed by atoms with Crippen LogP contribution in [0.1, 0.15) is 63.5 Å². The van der Waals surface area contributed by atoms with E-state index in [1.54, 1.807) is 0 Å². The maximum atomic E-state index is 12.8. The molecule has 0 saturated carbocycles. The van der Waals surface area contributed by atoms with Crippen molar-refractivity contribution >= 4 is 17.5 Å². The van der Waals surface area contributed by atoms with Gasteiger partial charge in [0.15, 0.2) is 0 Å². The molecule has 0 fully saturated rings. The average molecular weight is 361 g/mol. The van der Waals surface area contributed by atoms with Crippen LogP contribution in [0.2, 0.25) is 0 Å². The van der Waals surface area contributed by atoms with Crippen molar-refractivity contribution in [1.29, 1.82) is 0 Å². The molecule has 0 radical (unpaired) electrons. The molecule has 1 aliphatic rings. The van der Waals surface area contributed by atoms with Crippen molar-refractivity contribution in [2.45, 2.75) is 71.3 Å². The van der Waals surface area contributed by atoms with Gasteiger partial charge in [-0.05, 0) is 67.7 Å². The molecule has 2 rings (SSSR count). The molecule has 1 aromatic rings. The zero-order chi connectivity index (χ0) is 18.9. The SMILES string of the molecule is CC[C@H](C)[C@@H](NC(=O)CCCCC[NH3+])C(=O)Nc1ccc2c(c1)CCC2. The first kappa shape index (κ1) is 20.4. The minimum absolute atomic E-state index is 0.0385. The first-order valence-corrected chi connectivity index (χ1v) is 10.1. The van der Waals surface area contributed by atoms with Gasteiger partial charge in [-0.1, -0.05) is 26.3 Å². The summed E-state index contributed by atoms with van der Waals surface area (Å²) in [5.74, 6) is -0.0694. The van der Waals surface area contributed by atoms with Crippen molar-refractivity contribution in [2.24, 2.45) is 5.92 Å². The lowest BCUT2D eigenvalue weighted by molar-refractivity contribution is -0.368. The monoisotopic (exact) mass is 360 g/mol. The third-order valence-corrected chi connectivity index (χ3v) is 5.33. The maximum Gasteiger partial charge on any atom is 0.247 e. The van der Waals surface area contributed by atoms with Gasteiger partial charge in [-0.25, -0.2) is 0 Å². The molecule has 0 bridgehead atoms. The van der Waals surface area contributed by atoms with E-state index in [1.165, 1.54) is 17.5 Å². The number of carbonyl (C=O) groups is 2. The number of unbranched alkanes of at least 4 members (excludes halogenated alkanes) is 2. The second-order valence-corrected chi connectivity index (χ2v) is 7.42. The van der Waals surface area contributed by atoms with E-state index in [-0.39, 0.29) is 17.7 Å². The molecule has 0 aromatic heterocycles. The van der Waals surface area contributed by atoms with Crippen LogP contribution in [0.15, 0.2) is 18.2 Å².